The zero-order chi connectivity index (χ0) is 74.2. The number of piperidine rings is 1. The molecule has 3 saturated heterocycles. The molecule has 564 valence electrons. The van der Waals surface area contributed by atoms with Crippen molar-refractivity contribution in [1.82, 2.24) is 60.0 Å². The van der Waals surface area contributed by atoms with Gasteiger partial charge in [-0.25, -0.2) is 0 Å². The van der Waals surface area contributed by atoms with E-state index >= 15 is 28.8 Å². The van der Waals surface area contributed by atoms with Crippen LogP contribution in [0.3, 0.4) is 0 Å². The summed E-state index contributed by atoms with van der Waals surface area (Å²) in [6.45, 7) is 2.61. The highest BCUT2D eigenvalue weighted by Crippen LogP contribution is 2.38. The molecule has 101 heavy (non-hydrogen) atoms. The summed E-state index contributed by atoms with van der Waals surface area (Å²) in [7, 11) is 11.3. The third kappa shape index (κ3) is 20.6. The van der Waals surface area contributed by atoms with Gasteiger partial charge in [0.05, 0.1) is 36.6 Å². The number of benzene rings is 1. The van der Waals surface area contributed by atoms with Crippen molar-refractivity contribution in [3.63, 3.8) is 0 Å². The molecule has 3 aliphatic carbocycles. The number of methoxy groups -OCH3 is 1. The van der Waals surface area contributed by atoms with Crippen molar-refractivity contribution in [3.8, 4) is 0 Å². The lowest BCUT2D eigenvalue weighted by Crippen LogP contribution is -2.65. The van der Waals surface area contributed by atoms with Gasteiger partial charge in [-0.3, -0.25) is 57.5 Å². The molecule has 0 bridgehead atoms. The van der Waals surface area contributed by atoms with Crippen LogP contribution in [0.1, 0.15) is 179 Å². The number of hydrogen-bond acceptors (Lipinski definition) is 13. The summed E-state index contributed by atoms with van der Waals surface area (Å²) in [4.78, 5) is 191. The lowest BCUT2D eigenvalue weighted by atomic mass is 9.81. The highest BCUT2D eigenvalue weighted by Gasteiger charge is 2.51. The number of hydrogen-bond donors (Lipinski definition) is 3. The van der Waals surface area contributed by atoms with Crippen LogP contribution in [0.4, 0.5) is 13.2 Å². The van der Waals surface area contributed by atoms with E-state index in [2.05, 4.69) is 16.0 Å². The molecule has 8 atom stereocenters. The fourth-order valence-corrected chi connectivity index (χ4v) is 16.0. The Hall–Kier alpha value is -7.10. The van der Waals surface area contributed by atoms with Crippen LogP contribution in [0, 0.1) is 17.8 Å². The van der Waals surface area contributed by atoms with Crippen LogP contribution in [0.5, 0.6) is 0 Å². The maximum absolute atomic E-state index is 15.8. The first-order chi connectivity index (χ1) is 47.8. The Balaban J connectivity index is 1.29. The number of carbonyl (C=O) groups is 12. The first-order valence-corrected chi connectivity index (χ1v) is 36.9. The number of nitrogens with one attached hydrogen (secondary N) is 3. The number of fused-ring (bicyclic) bond motifs is 1. The second-order valence-electron chi connectivity index (χ2n) is 29.3. The van der Waals surface area contributed by atoms with Crippen molar-refractivity contribution in [2.75, 3.05) is 102 Å². The van der Waals surface area contributed by atoms with Gasteiger partial charge in [-0.2, -0.15) is 13.2 Å². The largest absolute Gasteiger partial charge is 0.417 e. The molecule has 6 aliphatic rings. The van der Waals surface area contributed by atoms with Crippen LogP contribution in [-0.4, -0.2) is 265 Å². The number of aryl methyl sites for hydroxylation is 1. The van der Waals surface area contributed by atoms with Gasteiger partial charge in [-0.05, 0) is 112 Å². The number of ether oxygens (including phenoxy) is 1. The average Bonchev–Trinajstić information content (AvgIpc) is 1.74. The summed E-state index contributed by atoms with van der Waals surface area (Å²) in [5, 5.41) is 8.13. The zero-order valence-corrected chi connectivity index (χ0v) is 61.7. The normalized spacial score (nSPS) is 26.7. The quantitative estimate of drug-likeness (QED) is 0.236. The van der Waals surface area contributed by atoms with Gasteiger partial charge in [-0.1, -0.05) is 102 Å². The lowest BCUT2D eigenvalue weighted by Gasteiger charge is -2.43. The third-order valence-electron chi connectivity index (χ3n) is 22.3. The standard InChI is InChI=1S/C72H110ClF3N12O13/c1-11-46(2)61-68(98)82(5)44-59(91)80(3)45-60(92)84(7)55(41-47-24-15-12-16-25-47)66(96)81(4)43-57(89)77-52(32-30-48-29-31-50(51(73)40-48)72(74,75)76)65(95)88-38-23-28-54(88)64(94)79-71(34-19-20-35-71)70(100)86(9)62(49-26-17-13-18-27-49)69(99)85(8)56(67(97)87-36-21-14-22-37-87)42-58(90)83(6)53(33-39-101-10)63(93)78-61/h29,31,40,46-47,49,52-56,61-62H,11-28,30,32-39,41-45H2,1-10H3,(H,77,89)(H,78,93)(H,79,94)/t46-,52-,53-,54-,55-,56-,61-,62-/m0/s1. The molecule has 3 aliphatic heterocycles. The summed E-state index contributed by atoms with van der Waals surface area (Å²) in [5.74, 6) is -8.77. The Morgan fingerprint density at radius 2 is 1.24 bits per heavy atom. The van der Waals surface area contributed by atoms with E-state index in [1.54, 1.807) is 11.8 Å². The molecule has 3 heterocycles. The predicted octanol–water partition coefficient (Wildman–Crippen LogP) is 5.41. The van der Waals surface area contributed by atoms with E-state index < -0.39 is 173 Å². The van der Waals surface area contributed by atoms with Crippen LogP contribution in [-0.2, 0) is 74.9 Å². The summed E-state index contributed by atoms with van der Waals surface area (Å²) >= 11 is 6.16. The number of nitrogens with zero attached hydrogens (tertiary/aromatic N) is 9. The second kappa shape index (κ2) is 36.9. The molecule has 0 aromatic heterocycles. The fraction of sp³-hybridized carbons (Fsp3) is 0.750. The highest BCUT2D eigenvalue weighted by atomic mass is 35.5. The summed E-state index contributed by atoms with van der Waals surface area (Å²) < 4.78 is 47.1. The Kier molecular flexibility index (Phi) is 29.6. The van der Waals surface area contributed by atoms with Crippen LogP contribution in [0.15, 0.2) is 18.2 Å². The molecule has 29 heteroatoms. The molecule has 7 rings (SSSR count). The van der Waals surface area contributed by atoms with Crippen LogP contribution >= 0.6 is 11.6 Å². The van der Waals surface area contributed by atoms with Crippen molar-refractivity contribution in [3.05, 3.63) is 34.3 Å². The van der Waals surface area contributed by atoms with Crippen LogP contribution < -0.4 is 16.0 Å². The smallest absolute Gasteiger partial charge is 0.385 e. The van der Waals surface area contributed by atoms with Gasteiger partial charge in [0.15, 0.2) is 0 Å². The van der Waals surface area contributed by atoms with Gasteiger partial charge in [0.2, 0.25) is 70.9 Å². The minimum atomic E-state index is -4.76. The molecule has 1 spiro atoms. The monoisotopic (exact) mass is 1440 g/mol. The Labute approximate surface area is 598 Å². The van der Waals surface area contributed by atoms with E-state index in [4.69, 9.17) is 16.3 Å². The number of rotatable bonds is 12. The molecule has 3 N–H and O–H groups in total. The molecule has 25 nitrogen and oxygen atoms in total. The van der Waals surface area contributed by atoms with Crippen LogP contribution in [0.25, 0.3) is 0 Å². The molecule has 12 amide bonds. The second-order valence-corrected chi connectivity index (χ2v) is 29.7. The van der Waals surface area contributed by atoms with Crippen molar-refractivity contribution in [2.45, 2.75) is 228 Å². The van der Waals surface area contributed by atoms with E-state index in [0.717, 1.165) is 84.6 Å². The van der Waals surface area contributed by atoms with E-state index in [1.807, 2.05) is 6.92 Å². The van der Waals surface area contributed by atoms with Gasteiger partial charge >= 0.3 is 6.18 Å². The molecule has 3 saturated carbocycles. The minimum absolute atomic E-state index is 0.0133. The predicted molar refractivity (Wildman–Crippen MR) is 371 cm³/mol. The summed E-state index contributed by atoms with van der Waals surface area (Å²) in [6.07, 6.45) is 6.74. The fourth-order valence-electron chi connectivity index (χ4n) is 15.7. The topological polar surface area (TPSA) is 279 Å². The first kappa shape index (κ1) is 81.2. The maximum atomic E-state index is 15.8. The highest BCUT2D eigenvalue weighted by molar-refractivity contribution is 6.31. The molecule has 1 aromatic carbocycles. The van der Waals surface area contributed by atoms with Crippen molar-refractivity contribution >= 4 is 82.5 Å². The molecule has 0 unspecified atom stereocenters. The van der Waals surface area contributed by atoms with Gasteiger partial charge in [-0.15, -0.1) is 0 Å². The zero-order valence-electron chi connectivity index (χ0n) is 61.0. The summed E-state index contributed by atoms with van der Waals surface area (Å²) in [5.41, 5.74) is -2.35. The number of alkyl halides is 3. The molecular weight excluding hydrogens is 1330 g/mol. The molecular formula is C72H110ClF3N12O13. The number of amides is 12. The van der Waals surface area contributed by atoms with Crippen molar-refractivity contribution in [2.24, 2.45) is 17.8 Å². The Morgan fingerprint density at radius 3 is 1.85 bits per heavy atom. The molecule has 1 aromatic rings. The Bertz CT molecular complexity index is 3120. The van der Waals surface area contributed by atoms with E-state index in [1.165, 1.54) is 87.0 Å². The number of likely N-dealkylation sites (N-methyl/N-ethyl adjacent to an activating group) is 7. The maximum Gasteiger partial charge on any atom is 0.417 e. The Morgan fingerprint density at radius 1 is 0.634 bits per heavy atom. The van der Waals surface area contributed by atoms with Gasteiger partial charge < -0.3 is 64.8 Å². The number of halogens is 4. The van der Waals surface area contributed by atoms with E-state index in [9.17, 15) is 41.9 Å². The SMILES string of the molecule is CC[C@H](C)[C@@H]1NC(=O)[C@H](CCOC)N(C)C(=O)C[C@@H](C(=O)N2CCCCC2)N(C)C(=O)[C@H](C2CCCCC2)N(C)C(=O)C2(CCCC2)NC(=O)[C@@H]2CCCN2C(=O)[C@H](CCc2ccc(C(F)(F)F)c(Cl)c2)NC(=O)CN(C)C(=O)[C@H](CC2CCCCC2)N(C)C(=O)CN(C)C(=O)CN(C)C1=O. The third-order valence-corrected chi connectivity index (χ3v) is 22.6. The number of likely N-dealkylation sites (tertiary alicyclic amines) is 1. The average molecular weight is 1440 g/mol. The lowest BCUT2D eigenvalue weighted by molar-refractivity contribution is -0.157. The minimum Gasteiger partial charge on any atom is -0.385 e. The molecule has 6 fully saturated rings. The van der Waals surface area contributed by atoms with E-state index in [0.29, 0.717) is 70.0 Å². The van der Waals surface area contributed by atoms with Gasteiger partial charge in [0, 0.05) is 89.1 Å². The van der Waals surface area contributed by atoms with E-state index in [-0.39, 0.29) is 64.0 Å². The van der Waals surface area contributed by atoms with Crippen molar-refractivity contribution in [1.29, 1.82) is 0 Å². The van der Waals surface area contributed by atoms with Gasteiger partial charge in [0.1, 0.15) is 47.8 Å². The number of carbonyl (C=O) groups excluding carboxylic acids is 12. The first-order valence-electron chi connectivity index (χ1n) is 36.5. The van der Waals surface area contributed by atoms with Gasteiger partial charge in [0.25, 0.3) is 0 Å². The van der Waals surface area contributed by atoms with Crippen molar-refractivity contribution < 1.29 is 75.4 Å². The van der Waals surface area contributed by atoms with Crippen LogP contribution in [0.2, 0.25) is 5.02 Å². The molecule has 0 radical (unpaired) electrons. The summed E-state index contributed by atoms with van der Waals surface area (Å²) in [6, 6.07) is -5.70.